The van der Waals surface area contributed by atoms with Crippen molar-refractivity contribution in [3.8, 4) is 0 Å². The zero-order valence-electron chi connectivity index (χ0n) is 18.1. The average Bonchev–Trinajstić information content (AvgIpc) is 2.86. The summed E-state index contributed by atoms with van der Waals surface area (Å²) in [4.78, 5) is 2.28. The molecule has 154 valence electrons. The number of rotatable bonds is 5. The zero-order valence-corrected chi connectivity index (χ0v) is 18.1. The van der Waals surface area contributed by atoms with Crippen molar-refractivity contribution in [2.24, 2.45) is 0 Å². The van der Waals surface area contributed by atoms with E-state index in [9.17, 15) is 0 Å². The van der Waals surface area contributed by atoms with Crippen LogP contribution in [0.15, 0.2) is 121 Å². The van der Waals surface area contributed by atoms with Crippen LogP contribution in [0.1, 0.15) is 16.7 Å². The van der Waals surface area contributed by atoms with E-state index in [-0.39, 0.29) is 0 Å². The molecule has 0 heterocycles. The van der Waals surface area contributed by atoms with E-state index in [2.05, 4.69) is 145 Å². The third-order valence-corrected chi connectivity index (χ3v) is 5.81. The summed E-state index contributed by atoms with van der Waals surface area (Å²) in [7, 11) is 0. The molecule has 5 rings (SSSR count). The minimum absolute atomic E-state index is 1.14. The molecular weight excluding hydrogens is 386 g/mol. The fourth-order valence-electron chi connectivity index (χ4n) is 4.14. The molecule has 0 aromatic heterocycles. The van der Waals surface area contributed by atoms with Crippen molar-refractivity contribution >= 4 is 40.0 Å². The lowest BCUT2D eigenvalue weighted by Crippen LogP contribution is -2.09. The minimum atomic E-state index is 1.14. The molecule has 5 aromatic carbocycles. The largest absolute Gasteiger partial charge is 0.311 e. The maximum Gasteiger partial charge on any atom is 0.0462 e. The van der Waals surface area contributed by atoms with Gasteiger partial charge < -0.3 is 4.90 Å². The molecule has 0 aliphatic carbocycles. The molecule has 32 heavy (non-hydrogen) atoms. The number of nitrogens with zero attached hydrogens (tertiary/aromatic N) is 1. The Hall–Kier alpha value is -4.10. The van der Waals surface area contributed by atoms with E-state index in [0.29, 0.717) is 0 Å². The van der Waals surface area contributed by atoms with Gasteiger partial charge in [-0.3, -0.25) is 0 Å². The highest BCUT2D eigenvalue weighted by molar-refractivity contribution is 5.94. The third kappa shape index (κ3) is 4.06. The Kier molecular flexibility index (Phi) is 5.55. The van der Waals surface area contributed by atoms with Crippen LogP contribution in [0.5, 0.6) is 0 Å². The lowest BCUT2D eigenvalue weighted by molar-refractivity contribution is 1.28. The van der Waals surface area contributed by atoms with Crippen molar-refractivity contribution in [1.29, 1.82) is 0 Å². The molecule has 0 N–H and O–H groups in total. The molecule has 0 aliphatic heterocycles. The quantitative estimate of drug-likeness (QED) is 0.261. The Morgan fingerprint density at radius 3 is 1.62 bits per heavy atom. The Balaban J connectivity index is 1.47. The highest BCUT2D eigenvalue weighted by Gasteiger charge is 2.11. The van der Waals surface area contributed by atoms with E-state index in [0.717, 1.165) is 17.1 Å². The van der Waals surface area contributed by atoms with E-state index in [4.69, 9.17) is 0 Å². The standard InChI is InChI=1S/C31H25N/c1-24-16-20-26(31-15-9-8-14-30(24)31)21-17-25-18-22-29(23-19-25)32(27-10-4-2-5-11-27)28-12-6-3-7-13-28/h2-23H,1H3. The molecule has 0 fully saturated rings. The second-order valence-corrected chi connectivity index (χ2v) is 7.95. The van der Waals surface area contributed by atoms with E-state index in [1.54, 1.807) is 0 Å². The normalized spacial score (nSPS) is 11.2. The van der Waals surface area contributed by atoms with Gasteiger partial charge in [0.2, 0.25) is 0 Å². The average molecular weight is 412 g/mol. The number of fused-ring (bicyclic) bond motifs is 1. The molecule has 0 unspecified atom stereocenters. The summed E-state index contributed by atoms with van der Waals surface area (Å²) in [6.07, 6.45) is 4.40. The van der Waals surface area contributed by atoms with Crippen LogP contribution in [-0.2, 0) is 0 Å². The van der Waals surface area contributed by atoms with Crippen LogP contribution in [0.25, 0.3) is 22.9 Å². The first-order valence-electron chi connectivity index (χ1n) is 11.0. The molecule has 1 nitrogen and oxygen atoms in total. The molecule has 0 bridgehead atoms. The maximum absolute atomic E-state index is 2.28. The van der Waals surface area contributed by atoms with E-state index < -0.39 is 0 Å². The zero-order chi connectivity index (χ0) is 21.8. The number of aryl methyl sites for hydroxylation is 1. The Morgan fingerprint density at radius 2 is 1.00 bits per heavy atom. The fraction of sp³-hybridized carbons (Fsp3) is 0.0323. The number of hydrogen-bond donors (Lipinski definition) is 0. The first-order valence-corrected chi connectivity index (χ1v) is 11.0. The number of hydrogen-bond acceptors (Lipinski definition) is 1. The second-order valence-electron chi connectivity index (χ2n) is 7.95. The summed E-state index contributed by atoms with van der Waals surface area (Å²) in [5.74, 6) is 0. The van der Waals surface area contributed by atoms with Gasteiger partial charge in [0.15, 0.2) is 0 Å². The van der Waals surface area contributed by atoms with Crippen LogP contribution in [0.2, 0.25) is 0 Å². The molecule has 0 radical (unpaired) electrons. The van der Waals surface area contributed by atoms with Crippen LogP contribution < -0.4 is 4.90 Å². The molecule has 0 aliphatic rings. The third-order valence-electron chi connectivity index (χ3n) is 5.81. The summed E-state index contributed by atoms with van der Waals surface area (Å²) in [6.45, 7) is 2.17. The van der Waals surface area contributed by atoms with Gasteiger partial charge in [0.25, 0.3) is 0 Å². The molecule has 0 atom stereocenters. The Morgan fingerprint density at radius 1 is 0.469 bits per heavy atom. The Bertz CT molecular complexity index is 1310. The summed E-state index contributed by atoms with van der Waals surface area (Å²) in [6, 6.07) is 42.7. The maximum atomic E-state index is 2.28. The minimum Gasteiger partial charge on any atom is -0.311 e. The highest BCUT2D eigenvalue weighted by atomic mass is 15.1. The monoisotopic (exact) mass is 411 g/mol. The van der Waals surface area contributed by atoms with Gasteiger partial charge >= 0.3 is 0 Å². The molecule has 0 saturated heterocycles. The van der Waals surface area contributed by atoms with Crippen molar-refractivity contribution in [2.75, 3.05) is 4.90 Å². The van der Waals surface area contributed by atoms with Crippen LogP contribution in [0.4, 0.5) is 17.1 Å². The second kappa shape index (κ2) is 8.95. The lowest BCUT2D eigenvalue weighted by atomic mass is 9.99. The van der Waals surface area contributed by atoms with Gasteiger partial charge in [0, 0.05) is 17.1 Å². The Labute approximate surface area is 189 Å². The first kappa shape index (κ1) is 19.8. The van der Waals surface area contributed by atoms with Crippen molar-refractivity contribution in [3.05, 3.63) is 138 Å². The fourth-order valence-corrected chi connectivity index (χ4v) is 4.14. The first-order chi connectivity index (χ1) is 15.8. The molecule has 0 saturated carbocycles. The van der Waals surface area contributed by atoms with Crippen LogP contribution in [0.3, 0.4) is 0 Å². The van der Waals surface area contributed by atoms with Gasteiger partial charge in [0.05, 0.1) is 0 Å². The van der Waals surface area contributed by atoms with E-state index in [1.165, 1.54) is 27.5 Å². The van der Waals surface area contributed by atoms with Gasteiger partial charge in [-0.25, -0.2) is 0 Å². The van der Waals surface area contributed by atoms with Crippen molar-refractivity contribution in [1.82, 2.24) is 0 Å². The van der Waals surface area contributed by atoms with Crippen molar-refractivity contribution in [2.45, 2.75) is 6.92 Å². The van der Waals surface area contributed by atoms with Crippen LogP contribution in [-0.4, -0.2) is 0 Å². The highest BCUT2D eigenvalue weighted by Crippen LogP contribution is 2.34. The number of benzene rings is 5. The molecule has 0 spiro atoms. The van der Waals surface area contributed by atoms with Crippen molar-refractivity contribution in [3.63, 3.8) is 0 Å². The molecular formula is C31H25N. The molecule has 0 amide bonds. The summed E-state index contributed by atoms with van der Waals surface area (Å²) in [5.41, 5.74) is 7.16. The SMILES string of the molecule is Cc1ccc(C=Cc2ccc(N(c3ccccc3)c3ccccc3)cc2)c2ccccc12. The summed E-state index contributed by atoms with van der Waals surface area (Å²) < 4.78 is 0. The summed E-state index contributed by atoms with van der Waals surface area (Å²) >= 11 is 0. The van der Waals surface area contributed by atoms with Crippen LogP contribution in [0, 0.1) is 6.92 Å². The topological polar surface area (TPSA) is 3.24 Å². The van der Waals surface area contributed by atoms with Gasteiger partial charge in [0.1, 0.15) is 0 Å². The van der Waals surface area contributed by atoms with Crippen LogP contribution >= 0.6 is 0 Å². The van der Waals surface area contributed by atoms with E-state index in [1.807, 2.05) is 0 Å². The van der Waals surface area contributed by atoms with Gasteiger partial charge in [-0.05, 0) is 70.8 Å². The summed E-state index contributed by atoms with van der Waals surface area (Å²) in [5, 5.41) is 2.60. The molecule has 5 aromatic rings. The van der Waals surface area contributed by atoms with Gasteiger partial charge in [-0.2, -0.15) is 0 Å². The predicted molar refractivity (Wildman–Crippen MR) is 139 cm³/mol. The predicted octanol–water partition coefficient (Wildman–Crippen LogP) is 8.79. The molecule has 1 heteroatoms. The number of para-hydroxylation sites is 2. The smallest absolute Gasteiger partial charge is 0.0462 e. The van der Waals surface area contributed by atoms with Gasteiger partial charge in [-0.15, -0.1) is 0 Å². The van der Waals surface area contributed by atoms with E-state index >= 15 is 0 Å². The number of anilines is 3. The van der Waals surface area contributed by atoms with Crippen molar-refractivity contribution < 1.29 is 0 Å². The lowest BCUT2D eigenvalue weighted by Gasteiger charge is -2.25. The van der Waals surface area contributed by atoms with Gasteiger partial charge in [-0.1, -0.05) is 97.1 Å².